The number of primary amides is 1. The Balaban J connectivity index is 2.25. The Morgan fingerprint density at radius 1 is 1.40 bits per heavy atom. The van der Waals surface area contributed by atoms with Gasteiger partial charge in [0.25, 0.3) is 0 Å². The van der Waals surface area contributed by atoms with Crippen LogP contribution in [0.15, 0.2) is 0 Å². The van der Waals surface area contributed by atoms with Crippen molar-refractivity contribution in [1.82, 2.24) is 4.90 Å². The summed E-state index contributed by atoms with van der Waals surface area (Å²) in [7, 11) is 1.51. The highest BCUT2D eigenvalue weighted by atomic mass is 16.5. The van der Waals surface area contributed by atoms with E-state index >= 15 is 0 Å². The van der Waals surface area contributed by atoms with Gasteiger partial charge < -0.3 is 10.5 Å². The topological polar surface area (TPSA) is 72.6 Å². The molecule has 0 atom stereocenters. The molecule has 0 aromatic rings. The monoisotopic (exact) mass is 214 g/mol. The summed E-state index contributed by atoms with van der Waals surface area (Å²) in [6.07, 6.45) is 1.52. The van der Waals surface area contributed by atoms with E-state index in [9.17, 15) is 9.59 Å². The number of amides is 1. The Morgan fingerprint density at radius 3 is 2.47 bits per heavy atom. The molecule has 1 rings (SSSR count). The number of methoxy groups -OCH3 is 1. The third-order valence-electron chi connectivity index (χ3n) is 2.70. The second kappa shape index (κ2) is 5.82. The number of piperidine rings is 1. The molecule has 1 saturated heterocycles. The second-order valence-corrected chi connectivity index (χ2v) is 3.92. The molecular weight excluding hydrogens is 196 g/mol. The summed E-state index contributed by atoms with van der Waals surface area (Å²) in [5.41, 5.74) is 5.22. The summed E-state index contributed by atoms with van der Waals surface area (Å²) < 4.78 is 4.75. The lowest BCUT2D eigenvalue weighted by molar-refractivity contribution is -0.125. The summed E-state index contributed by atoms with van der Waals surface area (Å²) in [6.45, 7) is 2.11. The fourth-order valence-electron chi connectivity index (χ4n) is 1.83. The van der Waals surface area contributed by atoms with E-state index in [1.165, 1.54) is 7.11 Å². The standard InChI is InChI=1S/C10H18N2O3/c1-15-7-9(13)6-12-4-2-8(3-5-12)10(11)14/h8H,2-7H2,1H3,(H2,11,14). The summed E-state index contributed by atoms with van der Waals surface area (Å²) in [4.78, 5) is 24.2. The maximum atomic E-state index is 11.3. The Labute approximate surface area is 89.6 Å². The largest absolute Gasteiger partial charge is 0.377 e. The van der Waals surface area contributed by atoms with E-state index in [0.717, 1.165) is 25.9 Å². The van der Waals surface area contributed by atoms with Crippen LogP contribution in [-0.4, -0.2) is 49.9 Å². The average molecular weight is 214 g/mol. The summed E-state index contributed by atoms with van der Waals surface area (Å²) in [6, 6.07) is 0. The van der Waals surface area contributed by atoms with Gasteiger partial charge >= 0.3 is 0 Å². The van der Waals surface area contributed by atoms with Crippen molar-refractivity contribution >= 4 is 11.7 Å². The Hall–Kier alpha value is -0.940. The molecule has 15 heavy (non-hydrogen) atoms. The van der Waals surface area contributed by atoms with Gasteiger partial charge in [0.05, 0.1) is 6.54 Å². The highest BCUT2D eigenvalue weighted by Gasteiger charge is 2.23. The first-order valence-corrected chi connectivity index (χ1v) is 5.15. The number of likely N-dealkylation sites (tertiary alicyclic amines) is 1. The molecule has 86 valence electrons. The number of Topliss-reactive ketones (excluding diaryl/α,β-unsaturated/α-hetero) is 1. The highest BCUT2D eigenvalue weighted by Crippen LogP contribution is 2.16. The summed E-state index contributed by atoms with van der Waals surface area (Å²) in [5, 5.41) is 0. The van der Waals surface area contributed by atoms with Crippen LogP contribution in [0.4, 0.5) is 0 Å². The molecule has 0 aromatic heterocycles. The lowest BCUT2D eigenvalue weighted by Gasteiger charge is -2.29. The van der Waals surface area contributed by atoms with Gasteiger partial charge in [0, 0.05) is 13.0 Å². The van der Waals surface area contributed by atoms with Crippen molar-refractivity contribution in [2.45, 2.75) is 12.8 Å². The normalized spacial score (nSPS) is 19.0. The zero-order chi connectivity index (χ0) is 11.3. The third-order valence-corrected chi connectivity index (χ3v) is 2.70. The molecule has 0 spiro atoms. The molecule has 0 saturated carbocycles. The van der Waals surface area contributed by atoms with Gasteiger partial charge in [-0.25, -0.2) is 0 Å². The van der Waals surface area contributed by atoms with E-state index in [1.54, 1.807) is 0 Å². The molecule has 5 nitrogen and oxygen atoms in total. The van der Waals surface area contributed by atoms with Crippen LogP contribution in [0.25, 0.3) is 0 Å². The molecule has 0 bridgehead atoms. The lowest BCUT2D eigenvalue weighted by Crippen LogP contribution is -2.41. The smallest absolute Gasteiger partial charge is 0.220 e. The predicted molar refractivity (Wildman–Crippen MR) is 55.2 cm³/mol. The van der Waals surface area contributed by atoms with Crippen molar-refractivity contribution in [3.8, 4) is 0 Å². The van der Waals surface area contributed by atoms with Crippen molar-refractivity contribution in [3.05, 3.63) is 0 Å². The highest BCUT2D eigenvalue weighted by molar-refractivity contribution is 5.81. The van der Waals surface area contributed by atoms with E-state index in [0.29, 0.717) is 6.54 Å². The number of hydrogen-bond donors (Lipinski definition) is 1. The van der Waals surface area contributed by atoms with Gasteiger partial charge in [-0.05, 0) is 25.9 Å². The van der Waals surface area contributed by atoms with E-state index in [1.807, 2.05) is 4.90 Å². The van der Waals surface area contributed by atoms with Gasteiger partial charge in [-0.3, -0.25) is 14.5 Å². The minimum absolute atomic E-state index is 0.0150. The molecular formula is C10H18N2O3. The van der Waals surface area contributed by atoms with Gasteiger partial charge in [0.15, 0.2) is 5.78 Å². The number of ketones is 1. The van der Waals surface area contributed by atoms with E-state index in [-0.39, 0.29) is 24.2 Å². The molecule has 1 aliphatic rings. The fourth-order valence-corrected chi connectivity index (χ4v) is 1.83. The molecule has 0 unspecified atom stereocenters. The van der Waals surface area contributed by atoms with Crippen LogP contribution in [-0.2, 0) is 14.3 Å². The molecule has 1 aliphatic heterocycles. The number of hydrogen-bond acceptors (Lipinski definition) is 4. The molecule has 0 aromatic carbocycles. The quantitative estimate of drug-likeness (QED) is 0.663. The van der Waals surface area contributed by atoms with Crippen LogP contribution in [0.3, 0.4) is 0 Å². The van der Waals surface area contributed by atoms with Crippen LogP contribution < -0.4 is 5.73 Å². The van der Waals surface area contributed by atoms with Gasteiger partial charge in [-0.2, -0.15) is 0 Å². The molecule has 0 aliphatic carbocycles. The first-order valence-electron chi connectivity index (χ1n) is 5.15. The minimum atomic E-state index is -0.224. The third kappa shape index (κ3) is 3.97. The van der Waals surface area contributed by atoms with Crippen LogP contribution in [0.5, 0.6) is 0 Å². The maximum Gasteiger partial charge on any atom is 0.220 e. The number of nitrogens with zero attached hydrogens (tertiary/aromatic N) is 1. The van der Waals surface area contributed by atoms with E-state index in [4.69, 9.17) is 10.5 Å². The number of nitrogens with two attached hydrogens (primary N) is 1. The van der Waals surface area contributed by atoms with Crippen LogP contribution >= 0.6 is 0 Å². The maximum absolute atomic E-state index is 11.3. The first-order chi connectivity index (χ1) is 7.13. The van der Waals surface area contributed by atoms with Gasteiger partial charge in [0.2, 0.25) is 5.91 Å². The predicted octanol–water partition coefficient (Wildman–Crippen LogP) is -0.601. The summed E-state index contributed by atoms with van der Waals surface area (Å²) >= 11 is 0. The van der Waals surface area contributed by atoms with Gasteiger partial charge in [-0.15, -0.1) is 0 Å². The molecule has 0 radical (unpaired) electrons. The number of carbonyl (C=O) groups is 2. The number of rotatable bonds is 5. The van der Waals surface area contributed by atoms with Crippen molar-refractivity contribution in [3.63, 3.8) is 0 Å². The molecule has 5 heteroatoms. The van der Waals surface area contributed by atoms with Gasteiger partial charge in [0.1, 0.15) is 6.61 Å². The fraction of sp³-hybridized carbons (Fsp3) is 0.800. The van der Waals surface area contributed by atoms with Crippen LogP contribution in [0, 0.1) is 5.92 Å². The molecule has 1 fully saturated rings. The Bertz CT molecular complexity index is 235. The number of ether oxygens (including phenoxy) is 1. The van der Waals surface area contributed by atoms with E-state index in [2.05, 4.69) is 0 Å². The molecule has 1 amide bonds. The molecule has 2 N–H and O–H groups in total. The van der Waals surface area contributed by atoms with Crippen molar-refractivity contribution < 1.29 is 14.3 Å². The Kier molecular flexibility index (Phi) is 4.71. The first kappa shape index (κ1) is 12.1. The van der Waals surface area contributed by atoms with Gasteiger partial charge in [-0.1, -0.05) is 0 Å². The average Bonchev–Trinajstić information content (AvgIpc) is 2.18. The minimum Gasteiger partial charge on any atom is -0.377 e. The van der Waals surface area contributed by atoms with Crippen LogP contribution in [0.1, 0.15) is 12.8 Å². The zero-order valence-corrected chi connectivity index (χ0v) is 9.07. The Morgan fingerprint density at radius 2 is 2.00 bits per heavy atom. The van der Waals surface area contributed by atoms with Crippen molar-refractivity contribution in [2.24, 2.45) is 11.7 Å². The molecule has 1 heterocycles. The van der Waals surface area contributed by atoms with Crippen molar-refractivity contribution in [2.75, 3.05) is 33.4 Å². The van der Waals surface area contributed by atoms with E-state index < -0.39 is 0 Å². The number of carbonyl (C=O) groups excluding carboxylic acids is 2. The van der Waals surface area contributed by atoms with Crippen LogP contribution in [0.2, 0.25) is 0 Å². The SMILES string of the molecule is COCC(=O)CN1CCC(C(N)=O)CC1. The van der Waals surface area contributed by atoms with Crippen molar-refractivity contribution in [1.29, 1.82) is 0 Å². The zero-order valence-electron chi connectivity index (χ0n) is 9.07. The summed E-state index contributed by atoms with van der Waals surface area (Å²) in [5.74, 6) is -0.160. The lowest BCUT2D eigenvalue weighted by atomic mass is 9.96. The second-order valence-electron chi connectivity index (χ2n) is 3.92.